The third-order valence-electron chi connectivity index (χ3n) is 7.67. The minimum atomic E-state index is -5.47. The Morgan fingerprint density at radius 2 is 1.85 bits per heavy atom. The molecule has 0 spiro atoms. The van der Waals surface area contributed by atoms with Gasteiger partial charge < -0.3 is 35.5 Å². The second kappa shape index (κ2) is 12.4. The van der Waals surface area contributed by atoms with Gasteiger partial charge in [-0.3, -0.25) is 9.59 Å². The zero-order valence-electron chi connectivity index (χ0n) is 24.4. The van der Waals surface area contributed by atoms with E-state index in [1.165, 1.54) is 37.3 Å². The van der Waals surface area contributed by atoms with Crippen LogP contribution in [0, 0.1) is 5.82 Å². The number of rotatable bonds is 12. The topological polar surface area (TPSA) is 153 Å². The molecule has 5 N–H and O–H groups in total. The van der Waals surface area contributed by atoms with Gasteiger partial charge in [0.05, 0.1) is 24.4 Å². The summed E-state index contributed by atoms with van der Waals surface area (Å²) in [6, 6.07) is 8.91. The summed E-state index contributed by atoms with van der Waals surface area (Å²) in [6.45, 7) is -2.13. The van der Waals surface area contributed by atoms with Crippen LogP contribution in [0.4, 0.5) is 22.0 Å². The summed E-state index contributed by atoms with van der Waals surface area (Å²) in [7, 11) is 0. The number of carbonyl (C=O) groups excluding carboxylic acids is 2. The molecule has 0 radical (unpaired) electrons. The van der Waals surface area contributed by atoms with E-state index in [0.29, 0.717) is 6.07 Å². The standard InChI is InChI=1S/C31H30F5N3O7/c1-16(40)12-44-22-9-4-18(10-23(22)46-20-7-8-20)27(41)38-14-30(43,31(34,35)36)24-11-21-26(45-15-29(21,13-32)28(37)42)25(39-24)17-2-5-19(33)6-3-17/h2-6,9-11,16,20,40,43H,7-8,12-15H2,1H3,(H2,37,42)(H,38,41)/t16-,29+,30+/m1/s1. The fraction of sp³-hybridized carbons (Fsp3) is 0.387. The molecule has 1 aliphatic heterocycles. The maximum atomic E-state index is 14.7. The Morgan fingerprint density at radius 1 is 1.15 bits per heavy atom. The number of pyridine rings is 1. The number of primary amides is 1. The molecule has 0 bridgehead atoms. The van der Waals surface area contributed by atoms with E-state index in [2.05, 4.69) is 10.3 Å². The van der Waals surface area contributed by atoms with E-state index < -0.39 is 72.0 Å². The van der Waals surface area contributed by atoms with Crippen LogP contribution in [0.5, 0.6) is 17.2 Å². The number of aromatic nitrogens is 1. The molecule has 0 unspecified atom stereocenters. The third-order valence-corrected chi connectivity index (χ3v) is 7.67. The molecule has 1 fully saturated rings. The summed E-state index contributed by atoms with van der Waals surface area (Å²) in [4.78, 5) is 29.5. The van der Waals surface area contributed by atoms with E-state index in [1.807, 2.05) is 0 Å². The van der Waals surface area contributed by atoms with Crippen LogP contribution >= 0.6 is 0 Å². The highest BCUT2D eigenvalue weighted by Gasteiger charge is 2.58. The van der Waals surface area contributed by atoms with Crippen LogP contribution in [-0.4, -0.2) is 71.8 Å². The monoisotopic (exact) mass is 651 g/mol. The van der Waals surface area contributed by atoms with Gasteiger partial charge in [-0.1, -0.05) is 0 Å². The first-order chi connectivity index (χ1) is 21.7. The summed E-state index contributed by atoms with van der Waals surface area (Å²) in [6.07, 6.45) is -4.90. The lowest BCUT2D eigenvalue weighted by Crippen LogP contribution is -2.52. The molecular formula is C31H30F5N3O7. The van der Waals surface area contributed by atoms with Gasteiger partial charge in [-0.05, 0) is 68.3 Å². The smallest absolute Gasteiger partial charge is 0.424 e. The lowest BCUT2D eigenvalue weighted by molar-refractivity contribution is -0.265. The van der Waals surface area contributed by atoms with Gasteiger partial charge in [0.1, 0.15) is 42.6 Å². The van der Waals surface area contributed by atoms with Gasteiger partial charge in [-0.15, -0.1) is 0 Å². The highest BCUT2D eigenvalue weighted by atomic mass is 19.4. The Balaban J connectivity index is 1.52. The number of hydrogen-bond acceptors (Lipinski definition) is 8. The molecule has 0 saturated heterocycles. The van der Waals surface area contributed by atoms with Crippen molar-refractivity contribution < 1.29 is 56.0 Å². The predicted molar refractivity (Wildman–Crippen MR) is 152 cm³/mol. The number of benzene rings is 2. The second-order valence-corrected chi connectivity index (χ2v) is 11.3. The van der Waals surface area contributed by atoms with Crippen molar-refractivity contribution in [2.75, 3.05) is 26.4 Å². The fourth-order valence-corrected chi connectivity index (χ4v) is 4.79. The van der Waals surface area contributed by atoms with E-state index in [9.17, 15) is 41.8 Å². The average Bonchev–Trinajstić information content (AvgIpc) is 3.74. The molecule has 2 aliphatic rings. The molecule has 1 saturated carbocycles. The SMILES string of the molecule is C[C@@H](O)COc1ccc(C(=O)NC[C@](O)(c2cc3c(c(-c4ccc(F)cc4)n2)OC[C@]3(CF)C(N)=O)C(F)(F)F)cc1OC1CC1. The van der Waals surface area contributed by atoms with Crippen molar-refractivity contribution in [2.24, 2.45) is 5.73 Å². The molecule has 1 aliphatic carbocycles. The summed E-state index contributed by atoms with van der Waals surface area (Å²) in [5.74, 6) is -2.84. The van der Waals surface area contributed by atoms with Crippen LogP contribution in [-0.2, 0) is 15.8 Å². The molecule has 3 atom stereocenters. The Labute approximate surface area is 259 Å². The molecule has 246 valence electrons. The zero-order chi connectivity index (χ0) is 33.4. The fourth-order valence-electron chi connectivity index (χ4n) is 4.79. The molecule has 2 heterocycles. The number of hydrogen-bond donors (Lipinski definition) is 4. The molecular weight excluding hydrogens is 621 g/mol. The van der Waals surface area contributed by atoms with Crippen LogP contribution in [0.2, 0.25) is 0 Å². The predicted octanol–water partition coefficient (Wildman–Crippen LogP) is 3.45. The first-order valence-electron chi connectivity index (χ1n) is 14.2. The van der Waals surface area contributed by atoms with E-state index in [-0.39, 0.29) is 46.8 Å². The highest BCUT2D eigenvalue weighted by molar-refractivity contribution is 5.95. The summed E-state index contributed by atoms with van der Waals surface area (Å²) in [5, 5.41) is 22.8. The van der Waals surface area contributed by atoms with Gasteiger partial charge in [0.2, 0.25) is 11.5 Å². The Kier molecular flexibility index (Phi) is 8.84. The summed E-state index contributed by atoms with van der Waals surface area (Å²) < 4.78 is 88.9. The molecule has 15 heteroatoms. The van der Waals surface area contributed by atoms with Crippen molar-refractivity contribution in [1.82, 2.24) is 10.3 Å². The molecule has 46 heavy (non-hydrogen) atoms. The van der Waals surface area contributed by atoms with Crippen molar-refractivity contribution in [1.29, 1.82) is 0 Å². The first kappa shape index (κ1) is 32.9. The molecule has 5 rings (SSSR count). The molecule has 1 aromatic heterocycles. The van der Waals surface area contributed by atoms with Crippen molar-refractivity contribution in [2.45, 2.75) is 49.2 Å². The van der Waals surface area contributed by atoms with Gasteiger partial charge >= 0.3 is 6.18 Å². The van der Waals surface area contributed by atoms with Gasteiger partial charge in [0.25, 0.3) is 5.91 Å². The van der Waals surface area contributed by atoms with Crippen molar-refractivity contribution in [3.05, 3.63) is 71.2 Å². The zero-order valence-corrected chi connectivity index (χ0v) is 24.4. The second-order valence-electron chi connectivity index (χ2n) is 11.3. The van der Waals surface area contributed by atoms with Crippen molar-refractivity contribution in [3.8, 4) is 28.5 Å². The first-order valence-corrected chi connectivity index (χ1v) is 14.2. The number of nitrogens with zero attached hydrogens (tertiary/aromatic N) is 1. The van der Waals surface area contributed by atoms with Crippen molar-refractivity contribution >= 4 is 11.8 Å². The van der Waals surface area contributed by atoms with Gasteiger partial charge in [0, 0.05) is 16.7 Å². The van der Waals surface area contributed by atoms with Gasteiger partial charge in [-0.2, -0.15) is 13.2 Å². The number of amides is 2. The normalized spacial score (nSPS) is 19.4. The molecule has 2 amide bonds. The van der Waals surface area contributed by atoms with Crippen molar-refractivity contribution in [3.63, 3.8) is 0 Å². The van der Waals surface area contributed by atoms with E-state index in [4.69, 9.17) is 19.9 Å². The Hall–Kier alpha value is -4.50. The number of halogens is 5. The van der Waals surface area contributed by atoms with E-state index >= 15 is 0 Å². The van der Waals surface area contributed by atoms with Crippen LogP contribution < -0.4 is 25.3 Å². The number of fused-ring (bicyclic) bond motifs is 1. The maximum Gasteiger partial charge on any atom is 0.424 e. The number of nitrogens with one attached hydrogen (secondary N) is 1. The van der Waals surface area contributed by atoms with Crippen LogP contribution in [0.15, 0.2) is 48.5 Å². The number of carbonyl (C=O) groups is 2. The Bertz CT molecular complexity index is 1630. The summed E-state index contributed by atoms with van der Waals surface area (Å²) in [5.41, 5.74) is -2.53. The lowest BCUT2D eigenvalue weighted by Gasteiger charge is -2.31. The minimum absolute atomic E-state index is 0.0354. The quantitative estimate of drug-likeness (QED) is 0.217. The number of nitrogens with two attached hydrogens (primary N) is 1. The van der Waals surface area contributed by atoms with Crippen LogP contribution in [0.25, 0.3) is 11.3 Å². The largest absolute Gasteiger partial charge is 0.489 e. The molecule has 2 aromatic carbocycles. The highest BCUT2D eigenvalue weighted by Crippen LogP contribution is 2.48. The number of aliphatic hydroxyl groups excluding tert-OH is 1. The third kappa shape index (κ3) is 6.29. The summed E-state index contributed by atoms with van der Waals surface area (Å²) >= 11 is 0. The van der Waals surface area contributed by atoms with E-state index in [0.717, 1.165) is 25.0 Å². The van der Waals surface area contributed by atoms with E-state index in [1.54, 1.807) is 0 Å². The number of alkyl halides is 4. The number of aliphatic hydroxyl groups is 2. The molecule has 10 nitrogen and oxygen atoms in total. The minimum Gasteiger partial charge on any atom is -0.489 e. The number of ether oxygens (including phenoxy) is 3. The lowest BCUT2D eigenvalue weighted by atomic mass is 9.81. The van der Waals surface area contributed by atoms with Gasteiger partial charge in [-0.25, -0.2) is 13.8 Å². The molecule has 3 aromatic rings. The maximum absolute atomic E-state index is 14.7. The average molecular weight is 652 g/mol. The Morgan fingerprint density at radius 3 is 2.43 bits per heavy atom. The van der Waals surface area contributed by atoms with Crippen LogP contribution in [0.1, 0.15) is 41.4 Å². The van der Waals surface area contributed by atoms with Gasteiger partial charge in [0.15, 0.2) is 11.5 Å². The van der Waals surface area contributed by atoms with Crippen LogP contribution in [0.3, 0.4) is 0 Å².